The Morgan fingerprint density at radius 2 is 1.27 bits per heavy atom. The number of carbonyl (C=O) groups excluding carboxylic acids is 2. The van der Waals surface area contributed by atoms with Crippen LogP contribution in [0.2, 0.25) is 0 Å². The molecule has 0 aromatic carbocycles. The maximum absolute atomic E-state index is 10.8. The lowest BCUT2D eigenvalue weighted by molar-refractivity contribution is -0.116. The summed E-state index contributed by atoms with van der Waals surface area (Å²) in [5, 5.41) is -0.122. The monoisotopic (exact) mass is 174 g/mol. The summed E-state index contributed by atoms with van der Waals surface area (Å²) >= 11 is 1.42. The Morgan fingerprint density at radius 3 is 1.45 bits per heavy atom. The molecular weight excluding hydrogens is 160 g/mol. The van der Waals surface area contributed by atoms with Crippen LogP contribution in [0, 0.1) is 0 Å². The number of ketones is 2. The molecular formula is C8H14O2S. The Labute approximate surface area is 71.7 Å². The highest BCUT2D eigenvalue weighted by molar-refractivity contribution is 8.01. The molecule has 0 fully saturated rings. The molecule has 0 saturated heterocycles. The molecule has 0 spiro atoms. The van der Waals surface area contributed by atoms with Gasteiger partial charge in [-0.25, -0.2) is 0 Å². The smallest absolute Gasteiger partial charge is 0.142 e. The second kappa shape index (κ2) is 4.54. The van der Waals surface area contributed by atoms with Crippen LogP contribution in [0.3, 0.4) is 0 Å². The minimum atomic E-state index is -0.0612. The number of hydrogen-bond donors (Lipinski definition) is 0. The molecule has 64 valence electrons. The zero-order chi connectivity index (χ0) is 9.02. The Kier molecular flexibility index (Phi) is 4.42. The number of carbonyl (C=O) groups is 2. The van der Waals surface area contributed by atoms with Crippen molar-refractivity contribution in [2.45, 2.75) is 38.2 Å². The highest BCUT2D eigenvalue weighted by Gasteiger charge is 2.15. The van der Waals surface area contributed by atoms with Crippen molar-refractivity contribution >= 4 is 23.3 Å². The van der Waals surface area contributed by atoms with Crippen LogP contribution in [0.15, 0.2) is 0 Å². The first-order valence-corrected chi connectivity index (χ1v) is 4.55. The molecule has 0 aliphatic carbocycles. The molecule has 0 aromatic rings. The summed E-state index contributed by atoms with van der Waals surface area (Å²) in [5.41, 5.74) is 0. The van der Waals surface area contributed by atoms with Crippen LogP contribution in [0.5, 0.6) is 0 Å². The summed E-state index contributed by atoms with van der Waals surface area (Å²) < 4.78 is 0. The summed E-state index contributed by atoms with van der Waals surface area (Å²) in [6, 6.07) is 0. The molecule has 0 N–H and O–H groups in total. The van der Waals surface area contributed by atoms with Crippen molar-refractivity contribution < 1.29 is 9.59 Å². The van der Waals surface area contributed by atoms with Crippen molar-refractivity contribution in [3.05, 3.63) is 0 Å². The van der Waals surface area contributed by atoms with Crippen LogP contribution >= 0.6 is 11.8 Å². The van der Waals surface area contributed by atoms with E-state index >= 15 is 0 Å². The van der Waals surface area contributed by atoms with E-state index < -0.39 is 0 Å². The van der Waals surface area contributed by atoms with Gasteiger partial charge in [-0.1, -0.05) is 0 Å². The van der Waals surface area contributed by atoms with Gasteiger partial charge in [0.05, 0.1) is 10.5 Å². The number of thioether (sulfide) groups is 1. The Bertz CT molecular complexity index is 147. The maximum Gasteiger partial charge on any atom is 0.142 e. The van der Waals surface area contributed by atoms with Crippen LogP contribution in [-0.2, 0) is 9.59 Å². The third-order valence-corrected chi connectivity index (χ3v) is 3.03. The third-order valence-electron chi connectivity index (χ3n) is 1.55. The molecule has 0 radical (unpaired) electrons. The van der Waals surface area contributed by atoms with Gasteiger partial charge in [0.2, 0.25) is 0 Å². The summed E-state index contributed by atoms with van der Waals surface area (Å²) in [4.78, 5) is 21.5. The second-order valence-corrected chi connectivity index (χ2v) is 4.33. The summed E-state index contributed by atoms with van der Waals surface area (Å²) in [5.74, 6) is 0.256. The van der Waals surface area contributed by atoms with Gasteiger partial charge in [-0.2, -0.15) is 0 Å². The molecule has 0 aromatic heterocycles. The van der Waals surface area contributed by atoms with Gasteiger partial charge in [0, 0.05) is 0 Å². The van der Waals surface area contributed by atoms with E-state index in [4.69, 9.17) is 0 Å². The minimum absolute atomic E-state index is 0.0612. The second-order valence-electron chi connectivity index (χ2n) is 2.64. The quantitative estimate of drug-likeness (QED) is 0.650. The predicted molar refractivity (Wildman–Crippen MR) is 47.9 cm³/mol. The fourth-order valence-electron chi connectivity index (χ4n) is 0.498. The molecule has 2 atom stereocenters. The molecule has 3 heteroatoms. The van der Waals surface area contributed by atoms with Gasteiger partial charge in [-0.3, -0.25) is 9.59 Å². The van der Waals surface area contributed by atoms with Crippen molar-refractivity contribution in [1.29, 1.82) is 0 Å². The lowest BCUT2D eigenvalue weighted by Gasteiger charge is -2.11. The van der Waals surface area contributed by atoms with E-state index in [0.29, 0.717) is 0 Å². The summed E-state index contributed by atoms with van der Waals surface area (Å²) in [6.07, 6.45) is 0. The molecule has 2 nitrogen and oxygen atoms in total. The fourth-order valence-corrected chi connectivity index (χ4v) is 1.49. The highest BCUT2D eigenvalue weighted by atomic mass is 32.2. The predicted octanol–water partition coefficient (Wildman–Crippen LogP) is 1.67. The fraction of sp³-hybridized carbons (Fsp3) is 0.750. The standard InChI is InChI=1S/C8H14O2S/c1-5(9)7(3)11-8(4)6(2)10/h7-8H,1-4H3. The number of hydrogen-bond acceptors (Lipinski definition) is 3. The molecule has 0 bridgehead atoms. The largest absolute Gasteiger partial charge is 0.299 e. The Hall–Kier alpha value is -0.310. The summed E-state index contributed by atoms with van der Waals surface area (Å²) in [7, 11) is 0. The Balaban J connectivity index is 3.84. The normalized spacial score (nSPS) is 15.6. The lowest BCUT2D eigenvalue weighted by atomic mass is 10.3. The molecule has 0 saturated carbocycles. The van der Waals surface area contributed by atoms with E-state index in [9.17, 15) is 9.59 Å². The topological polar surface area (TPSA) is 34.1 Å². The van der Waals surface area contributed by atoms with Crippen LogP contribution in [-0.4, -0.2) is 22.1 Å². The number of Topliss-reactive ketones (excluding diaryl/α,β-unsaturated/α-hetero) is 2. The van der Waals surface area contributed by atoms with Crippen molar-refractivity contribution in [3.63, 3.8) is 0 Å². The van der Waals surface area contributed by atoms with Crippen molar-refractivity contribution in [1.82, 2.24) is 0 Å². The zero-order valence-corrected chi connectivity index (χ0v) is 8.20. The average molecular weight is 174 g/mol. The third kappa shape index (κ3) is 4.19. The van der Waals surface area contributed by atoms with E-state index in [1.54, 1.807) is 13.8 Å². The van der Waals surface area contributed by atoms with Gasteiger partial charge >= 0.3 is 0 Å². The van der Waals surface area contributed by atoms with E-state index in [0.717, 1.165) is 0 Å². The van der Waals surface area contributed by atoms with Crippen LogP contribution in [0.1, 0.15) is 27.7 Å². The van der Waals surface area contributed by atoms with Gasteiger partial charge in [-0.05, 0) is 27.7 Å². The van der Waals surface area contributed by atoms with Gasteiger partial charge < -0.3 is 0 Å². The minimum Gasteiger partial charge on any atom is -0.299 e. The Morgan fingerprint density at radius 1 is 1.00 bits per heavy atom. The first-order valence-electron chi connectivity index (χ1n) is 3.61. The molecule has 11 heavy (non-hydrogen) atoms. The molecule has 2 unspecified atom stereocenters. The maximum atomic E-state index is 10.8. The van der Waals surface area contributed by atoms with Gasteiger partial charge in [0.25, 0.3) is 0 Å². The van der Waals surface area contributed by atoms with E-state index in [1.807, 2.05) is 13.8 Å². The van der Waals surface area contributed by atoms with Gasteiger partial charge in [-0.15, -0.1) is 11.8 Å². The van der Waals surface area contributed by atoms with E-state index in [1.165, 1.54) is 11.8 Å². The van der Waals surface area contributed by atoms with Crippen LogP contribution < -0.4 is 0 Å². The van der Waals surface area contributed by atoms with Crippen molar-refractivity contribution in [3.8, 4) is 0 Å². The van der Waals surface area contributed by atoms with E-state index in [-0.39, 0.29) is 22.1 Å². The molecule has 0 aliphatic rings. The number of rotatable bonds is 4. The van der Waals surface area contributed by atoms with Crippen LogP contribution in [0.4, 0.5) is 0 Å². The lowest BCUT2D eigenvalue weighted by Crippen LogP contribution is -2.17. The van der Waals surface area contributed by atoms with E-state index in [2.05, 4.69) is 0 Å². The zero-order valence-electron chi connectivity index (χ0n) is 7.38. The van der Waals surface area contributed by atoms with Crippen molar-refractivity contribution in [2.75, 3.05) is 0 Å². The first-order chi connectivity index (χ1) is 4.95. The highest BCUT2D eigenvalue weighted by Crippen LogP contribution is 2.18. The molecule has 0 heterocycles. The van der Waals surface area contributed by atoms with Crippen molar-refractivity contribution in [2.24, 2.45) is 0 Å². The SMILES string of the molecule is CC(=O)C(C)SC(C)C(C)=O. The summed E-state index contributed by atoms with van der Waals surface area (Å²) in [6.45, 7) is 6.74. The van der Waals surface area contributed by atoms with Crippen LogP contribution in [0.25, 0.3) is 0 Å². The average Bonchev–Trinajstić information content (AvgIpc) is 1.87. The van der Waals surface area contributed by atoms with Gasteiger partial charge in [0.15, 0.2) is 0 Å². The molecule has 0 aliphatic heterocycles. The van der Waals surface area contributed by atoms with Gasteiger partial charge in [0.1, 0.15) is 11.6 Å². The first kappa shape index (κ1) is 10.7. The molecule has 0 rings (SSSR count). The molecule has 0 amide bonds.